The molecule has 0 aromatic carbocycles. The van der Waals surface area contributed by atoms with Crippen LogP contribution in [0, 0.1) is 0 Å². The van der Waals surface area contributed by atoms with Crippen LogP contribution in [0.25, 0.3) is 0 Å². The molecule has 2 N–H and O–H groups in total. The molecule has 0 radical (unpaired) electrons. The third-order valence-corrected chi connectivity index (χ3v) is 3.92. The molecular formula is C10H15ClN2S. The van der Waals surface area contributed by atoms with Crippen molar-refractivity contribution in [1.29, 1.82) is 0 Å². The predicted octanol–water partition coefficient (Wildman–Crippen LogP) is 2.32. The number of nitrogens with two attached hydrogens (primary N) is 1. The van der Waals surface area contributed by atoms with Crippen molar-refractivity contribution < 1.29 is 0 Å². The van der Waals surface area contributed by atoms with E-state index in [2.05, 4.69) is 16.3 Å². The lowest BCUT2D eigenvalue weighted by atomic mass is 10.2. The topological polar surface area (TPSA) is 29.3 Å². The van der Waals surface area contributed by atoms with Crippen molar-refractivity contribution in [2.75, 3.05) is 13.1 Å². The summed E-state index contributed by atoms with van der Waals surface area (Å²) in [6, 6.07) is 2.63. The summed E-state index contributed by atoms with van der Waals surface area (Å²) < 4.78 is 0.878. The number of likely N-dealkylation sites (tertiary alicyclic amines) is 1. The molecular weight excluding hydrogens is 216 g/mol. The van der Waals surface area contributed by atoms with E-state index < -0.39 is 0 Å². The van der Waals surface area contributed by atoms with Crippen molar-refractivity contribution in [3.05, 3.63) is 21.3 Å². The molecule has 2 heterocycles. The minimum absolute atomic E-state index is 0.577. The molecule has 0 amide bonds. The van der Waals surface area contributed by atoms with Crippen LogP contribution in [0.15, 0.2) is 11.4 Å². The largest absolute Gasteiger partial charge is 0.329 e. The average Bonchev–Trinajstić information content (AvgIpc) is 2.76. The highest BCUT2D eigenvalue weighted by Gasteiger charge is 2.22. The fourth-order valence-electron chi connectivity index (χ4n) is 2.03. The lowest BCUT2D eigenvalue weighted by Crippen LogP contribution is -2.34. The highest BCUT2D eigenvalue weighted by Crippen LogP contribution is 2.24. The molecule has 0 spiro atoms. The van der Waals surface area contributed by atoms with Gasteiger partial charge in [0.2, 0.25) is 0 Å². The second-order valence-corrected chi connectivity index (χ2v) is 5.30. The lowest BCUT2D eigenvalue weighted by molar-refractivity contribution is 0.250. The van der Waals surface area contributed by atoms with E-state index in [0.717, 1.165) is 17.4 Å². The van der Waals surface area contributed by atoms with Gasteiger partial charge in [-0.1, -0.05) is 11.6 Å². The molecule has 1 unspecified atom stereocenters. The minimum atomic E-state index is 0.577. The third-order valence-electron chi connectivity index (χ3n) is 2.78. The van der Waals surface area contributed by atoms with Crippen molar-refractivity contribution in [2.45, 2.75) is 25.4 Å². The van der Waals surface area contributed by atoms with E-state index in [0.29, 0.717) is 6.04 Å². The summed E-state index contributed by atoms with van der Waals surface area (Å²) in [6.07, 6.45) is 2.52. The van der Waals surface area contributed by atoms with Crippen LogP contribution < -0.4 is 5.73 Å². The van der Waals surface area contributed by atoms with Gasteiger partial charge < -0.3 is 5.73 Å². The van der Waals surface area contributed by atoms with Crippen LogP contribution >= 0.6 is 22.9 Å². The molecule has 0 aliphatic carbocycles. The first-order valence-corrected chi connectivity index (χ1v) is 6.22. The molecule has 1 aliphatic heterocycles. The molecule has 4 heteroatoms. The second-order valence-electron chi connectivity index (χ2n) is 3.76. The maximum Gasteiger partial charge on any atom is 0.0931 e. The molecule has 1 aromatic heterocycles. The van der Waals surface area contributed by atoms with Crippen LogP contribution in [0.4, 0.5) is 0 Å². The van der Waals surface area contributed by atoms with Crippen molar-refractivity contribution in [2.24, 2.45) is 5.73 Å². The molecule has 1 aromatic rings. The van der Waals surface area contributed by atoms with Gasteiger partial charge in [-0.15, -0.1) is 11.3 Å². The highest BCUT2D eigenvalue weighted by molar-refractivity contribution is 7.14. The zero-order valence-corrected chi connectivity index (χ0v) is 9.65. The SMILES string of the molecule is NCC1CCCN1Cc1csc(Cl)c1. The standard InChI is InChI=1S/C10H15ClN2S/c11-10-4-8(7-14-10)6-13-3-1-2-9(13)5-12/h4,7,9H,1-3,5-6,12H2. The van der Waals surface area contributed by atoms with Crippen molar-refractivity contribution in [1.82, 2.24) is 4.90 Å². The summed E-state index contributed by atoms with van der Waals surface area (Å²) in [4.78, 5) is 2.46. The second kappa shape index (κ2) is 4.62. The lowest BCUT2D eigenvalue weighted by Gasteiger charge is -2.22. The van der Waals surface area contributed by atoms with Gasteiger partial charge in [0.25, 0.3) is 0 Å². The Bertz CT molecular complexity index is 300. The van der Waals surface area contributed by atoms with Gasteiger partial charge in [-0.05, 0) is 36.4 Å². The summed E-state index contributed by atoms with van der Waals surface area (Å²) in [7, 11) is 0. The Kier molecular flexibility index (Phi) is 3.44. The maximum absolute atomic E-state index is 5.89. The zero-order valence-electron chi connectivity index (χ0n) is 8.08. The molecule has 2 rings (SSSR count). The van der Waals surface area contributed by atoms with Gasteiger partial charge in [0, 0.05) is 19.1 Å². The van der Waals surface area contributed by atoms with Gasteiger partial charge in [0.15, 0.2) is 0 Å². The van der Waals surface area contributed by atoms with Gasteiger partial charge in [0.1, 0.15) is 0 Å². The number of thiophene rings is 1. The fraction of sp³-hybridized carbons (Fsp3) is 0.600. The van der Waals surface area contributed by atoms with Gasteiger partial charge in [-0.3, -0.25) is 4.90 Å². The third kappa shape index (κ3) is 2.28. The van der Waals surface area contributed by atoms with Crippen molar-refractivity contribution in [3.8, 4) is 0 Å². The van der Waals surface area contributed by atoms with Crippen LogP contribution in [-0.4, -0.2) is 24.0 Å². The number of hydrogen-bond acceptors (Lipinski definition) is 3. The molecule has 0 saturated carbocycles. The van der Waals surface area contributed by atoms with Crippen LogP contribution in [0.3, 0.4) is 0 Å². The summed E-state index contributed by atoms with van der Waals surface area (Å²) in [6.45, 7) is 2.96. The van der Waals surface area contributed by atoms with Crippen LogP contribution in [0.2, 0.25) is 4.34 Å². The summed E-state index contributed by atoms with van der Waals surface area (Å²) in [5.41, 5.74) is 7.04. The average molecular weight is 231 g/mol. The van der Waals surface area contributed by atoms with Crippen LogP contribution in [-0.2, 0) is 6.54 Å². The van der Waals surface area contributed by atoms with E-state index in [1.54, 1.807) is 11.3 Å². The van der Waals surface area contributed by atoms with E-state index in [9.17, 15) is 0 Å². The van der Waals surface area contributed by atoms with Gasteiger partial charge in [-0.25, -0.2) is 0 Å². The number of nitrogens with zero attached hydrogens (tertiary/aromatic N) is 1. The Morgan fingerprint density at radius 2 is 2.50 bits per heavy atom. The van der Waals surface area contributed by atoms with E-state index in [-0.39, 0.29) is 0 Å². The fourth-order valence-corrected chi connectivity index (χ4v) is 2.93. The van der Waals surface area contributed by atoms with Crippen molar-refractivity contribution in [3.63, 3.8) is 0 Å². The van der Waals surface area contributed by atoms with E-state index in [1.165, 1.54) is 24.9 Å². The highest BCUT2D eigenvalue weighted by atomic mass is 35.5. The molecule has 78 valence electrons. The van der Waals surface area contributed by atoms with Crippen LogP contribution in [0.1, 0.15) is 18.4 Å². The normalized spacial score (nSPS) is 23.1. The van der Waals surface area contributed by atoms with Crippen LogP contribution in [0.5, 0.6) is 0 Å². The van der Waals surface area contributed by atoms with E-state index >= 15 is 0 Å². The number of halogens is 1. The Balaban J connectivity index is 1.96. The predicted molar refractivity (Wildman–Crippen MR) is 61.8 cm³/mol. The Morgan fingerprint density at radius 1 is 1.64 bits per heavy atom. The molecule has 1 aliphatic rings. The Morgan fingerprint density at radius 3 is 3.14 bits per heavy atom. The van der Waals surface area contributed by atoms with Gasteiger partial charge >= 0.3 is 0 Å². The first-order chi connectivity index (χ1) is 6.79. The molecule has 14 heavy (non-hydrogen) atoms. The Hall–Kier alpha value is -0.0900. The Labute approximate surface area is 93.7 Å². The quantitative estimate of drug-likeness (QED) is 0.864. The minimum Gasteiger partial charge on any atom is -0.329 e. The maximum atomic E-state index is 5.89. The molecule has 2 nitrogen and oxygen atoms in total. The van der Waals surface area contributed by atoms with E-state index in [4.69, 9.17) is 17.3 Å². The summed E-state index contributed by atoms with van der Waals surface area (Å²) in [5, 5.41) is 2.13. The molecule has 1 atom stereocenters. The van der Waals surface area contributed by atoms with Crippen molar-refractivity contribution >= 4 is 22.9 Å². The van der Waals surface area contributed by atoms with Gasteiger partial charge in [0.05, 0.1) is 4.34 Å². The zero-order chi connectivity index (χ0) is 9.97. The molecule has 1 saturated heterocycles. The van der Waals surface area contributed by atoms with Gasteiger partial charge in [-0.2, -0.15) is 0 Å². The first kappa shape index (κ1) is 10.4. The monoisotopic (exact) mass is 230 g/mol. The summed E-state index contributed by atoms with van der Waals surface area (Å²) in [5.74, 6) is 0. The van der Waals surface area contributed by atoms with E-state index in [1.807, 2.05) is 0 Å². The summed E-state index contributed by atoms with van der Waals surface area (Å²) >= 11 is 7.50. The number of rotatable bonds is 3. The molecule has 1 fully saturated rings. The molecule has 0 bridgehead atoms. The number of hydrogen-bond donors (Lipinski definition) is 1. The smallest absolute Gasteiger partial charge is 0.0931 e. The first-order valence-electron chi connectivity index (χ1n) is 4.96.